The van der Waals surface area contributed by atoms with E-state index in [2.05, 4.69) is 10.0 Å². The van der Waals surface area contributed by atoms with Crippen LogP contribution in [0.3, 0.4) is 0 Å². The van der Waals surface area contributed by atoms with Gasteiger partial charge in [0.25, 0.3) is 10.0 Å². The van der Waals surface area contributed by atoms with Crippen molar-refractivity contribution in [1.29, 1.82) is 0 Å². The van der Waals surface area contributed by atoms with Crippen LogP contribution in [0, 0.1) is 11.7 Å². The van der Waals surface area contributed by atoms with Crippen LogP contribution in [0.4, 0.5) is 15.8 Å². The molecule has 2 aromatic carbocycles. The summed E-state index contributed by atoms with van der Waals surface area (Å²) in [6.07, 6.45) is 1.74. The molecule has 0 radical (unpaired) electrons. The minimum atomic E-state index is -4.11. The van der Waals surface area contributed by atoms with Gasteiger partial charge in [0, 0.05) is 17.7 Å². The average Bonchev–Trinajstić information content (AvgIpc) is 3.39. The number of anilines is 2. The summed E-state index contributed by atoms with van der Waals surface area (Å²) in [5.41, 5.74) is 0.705. The molecule has 132 valence electrons. The number of methoxy groups -OCH3 is 1. The monoisotopic (exact) mass is 364 g/mol. The molecule has 0 heterocycles. The van der Waals surface area contributed by atoms with Gasteiger partial charge in [-0.25, -0.2) is 12.8 Å². The van der Waals surface area contributed by atoms with Crippen LogP contribution in [0.2, 0.25) is 0 Å². The molecule has 1 aliphatic carbocycles. The van der Waals surface area contributed by atoms with Crippen LogP contribution in [0.5, 0.6) is 5.75 Å². The van der Waals surface area contributed by atoms with Crippen molar-refractivity contribution in [1.82, 2.24) is 0 Å². The van der Waals surface area contributed by atoms with Gasteiger partial charge >= 0.3 is 0 Å². The second kappa shape index (κ2) is 6.72. The molecule has 0 saturated heterocycles. The zero-order valence-electron chi connectivity index (χ0n) is 13.5. The van der Waals surface area contributed by atoms with Crippen molar-refractivity contribution < 1.29 is 22.3 Å². The van der Waals surface area contributed by atoms with Crippen molar-refractivity contribution in [3.05, 3.63) is 48.3 Å². The molecule has 1 saturated carbocycles. The van der Waals surface area contributed by atoms with Gasteiger partial charge < -0.3 is 10.1 Å². The smallest absolute Gasteiger partial charge is 0.264 e. The number of carbonyl (C=O) groups is 1. The summed E-state index contributed by atoms with van der Waals surface area (Å²) >= 11 is 0. The van der Waals surface area contributed by atoms with E-state index in [9.17, 15) is 17.6 Å². The zero-order chi connectivity index (χ0) is 18.0. The number of rotatable bonds is 6. The van der Waals surface area contributed by atoms with Gasteiger partial charge in [0.1, 0.15) is 16.5 Å². The molecule has 0 aliphatic heterocycles. The fourth-order valence-corrected chi connectivity index (χ4v) is 3.40. The maximum absolute atomic E-state index is 14.0. The fourth-order valence-electron chi connectivity index (χ4n) is 2.29. The maximum Gasteiger partial charge on any atom is 0.264 e. The van der Waals surface area contributed by atoms with Crippen molar-refractivity contribution >= 4 is 27.3 Å². The largest absolute Gasteiger partial charge is 0.497 e. The third kappa shape index (κ3) is 4.08. The van der Waals surface area contributed by atoms with Crippen LogP contribution in [-0.2, 0) is 14.8 Å². The number of benzene rings is 2. The van der Waals surface area contributed by atoms with Crippen molar-refractivity contribution in [2.75, 3.05) is 17.1 Å². The van der Waals surface area contributed by atoms with Gasteiger partial charge in [0.2, 0.25) is 5.91 Å². The van der Waals surface area contributed by atoms with Crippen LogP contribution < -0.4 is 14.8 Å². The molecule has 2 aromatic rings. The molecule has 0 atom stereocenters. The van der Waals surface area contributed by atoms with E-state index >= 15 is 0 Å². The molecule has 1 amide bonds. The third-order valence-corrected chi connectivity index (χ3v) is 5.17. The fraction of sp³-hybridized carbons (Fsp3) is 0.235. The van der Waals surface area contributed by atoms with E-state index in [0.717, 1.165) is 25.0 Å². The van der Waals surface area contributed by atoms with Crippen molar-refractivity contribution in [3.8, 4) is 5.75 Å². The standard InChI is InChI=1S/C17H17FN2O4S/c1-24-14-7-8-16(15(18)10-14)25(22,23)20-13-4-2-3-12(9-13)19-17(21)11-5-6-11/h2-4,7-11,20H,5-6H2,1H3,(H,19,21). The van der Waals surface area contributed by atoms with E-state index in [0.29, 0.717) is 5.69 Å². The molecule has 1 aliphatic rings. The van der Waals surface area contributed by atoms with E-state index in [1.807, 2.05) is 0 Å². The minimum absolute atomic E-state index is 0.0359. The lowest BCUT2D eigenvalue weighted by Gasteiger charge is -2.11. The second-order valence-corrected chi connectivity index (χ2v) is 7.40. The molecular weight excluding hydrogens is 347 g/mol. The molecule has 2 N–H and O–H groups in total. The number of hydrogen-bond donors (Lipinski definition) is 2. The number of hydrogen-bond acceptors (Lipinski definition) is 4. The topological polar surface area (TPSA) is 84.5 Å². The SMILES string of the molecule is COc1ccc(S(=O)(=O)Nc2cccc(NC(=O)C3CC3)c2)c(F)c1. The molecule has 1 fully saturated rings. The van der Waals surface area contributed by atoms with Crippen molar-refractivity contribution in [3.63, 3.8) is 0 Å². The lowest BCUT2D eigenvalue weighted by Crippen LogP contribution is -2.16. The molecule has 3 rings (SSSR count). The van der Waals surface area contributed by atoms with Crippen LogP contribution in [0.15, 0.2) is 47.4 Å². The summed E-state index contributed by atoms with van der Waals surface area (Å²) in [5.74, 6) is -0.735. The highest BCUT2D eigenvalue weighted by molar-refractivity contribution is 7.92. The first-order chi connectivity index (χ1) is 11.9. The Hall–Kier alpha value is -2.61. The van der Waals surface area contributed by atoms with Crippen LogP contribution in [0.25, 0.3) is 0 Å². The molecule has 6 nitrogen and oxygen atoms in total. The van der Waals surface area contributed by atoms with Gasteiger partial charge in [-0.1, -0.05) is 6.07 Å². The first kappa shape index (κ1) is 17.2. The van der Waals surface area contributed by atoms with E-state index in [-0.39, 0.29) is 23.3 Å². The van der Waals surface area contributed by atoms with E-state index in [1.54, 1.807) is 12.1 Å². The Morgan fingerprint density at radius 2 is 1.88 bits per heavy atom. The molecule has 8 heteroatoms. The number of amides is 1. The number of halogens is 1. The second-order valence-electron chi connectivity index (χ2n) is 5.75. The van der Waals surface area contributed by atoms with Gasteiger partial charge in [-0.2, -0.15) is 0 Å². The molecule has 25 heavy (non-hydrogen) atoms. The summed E-state index contributed by atoms with van der Waals surface area (Å²) < 4.78 is 46.0. The number of ether oxygens (including phenoxy) is 1. The third-order valence-electron chi connectivity index (χ3n) is 3.76. The van der Waals surface area contributed by atoms with E-state index in [1.165, 1.54) is 25.3 Å². The Labute approximate surface area is 145 Å². The van der Waals surface area contributed by atoms with Crippen LogP contribution in [-0.4, -0.2) is 21.4 Å². The Morgan fingerprint density at radius 3 is 2.52 bits per heavy atom. The van der Waals surface area contributed by atoms with Gasteiger partial charge in [0.15, 0.2) is 0 Å². The lowest BCUT2D eigenvalue weighted by atomic mass is 10.2. The molecule has 0 unspecified atom stereocenters. The molecule has 0 spiro atoms. The Kier molecular flexibility index (Phi) is 4.63. The van der Waals surface area contributed by atoms with Crippen molar-refractivity contribution in [2.24, 2.45) is 5.92 Å². The Morgan fingerprint density at radius 1 is 1.16 bits per heavy atom. The molecule has 0 aromatic heterocycles. The van der Waals surface area contributed by atoms with Gasteiger partial charge in [0.05, 0.1) is 12.8 Å². The van der Waals surface area contributed by atoms with E-state index in [4.69, 9.17) is 4.74 Å². The summed E-state index contributed by atoms with van der Waals surface area (Å²) in [5, 5.41) is 2.73. The highest BCUT2D eigenvalue weighted by Gasteiger charge is 2.29. The number of nitrogens with one attached hydrogen (secondary N) is 2. The summed E-state index contributed by atoms with van der Waals surface area (Å²) in [7, 11) is -2.75. The maximum atomic E-state index is 14.0. The summed E-state index contributed by atoms with van der Waals surface area (Å²) in [4.78, 5) is 11.3. The number of carbonyl (C=O) groups excluding carboxylic acids is 1. The Balaban J connectivity index is 1.79. The van der Waals surface area contributed by atoms with E-state index < -0.39 is 20.7 Å². The minimum Gasteiger partial charge on any atom is -0.497 e. The first-order valence-electron chi connectivity index (χ1n) is 7.66. The summed E-state index contributed by atoms with van der Waals surface area (Å²) in [6.45, 7) is 0. The molecular formula is C17H17FN2O4S. The quantitative estimate of drug-likeness (QED) is 0.825. The highest BCUT2D eigenvalue weighted by Crippen LogP contribution is 2.30. The first-order valence-corrected chi connectivity index (χ1v) is 9.14. The average molecular weight is 364 g/mol. The van der Waals surface area contributed by atoms with Gasteiger partial charge in [-0.3, -0.25) is 9.52 Å². The zero-order valence-corrected chi connectivity index (χ0v) is 14.3. The lowest BCUT2D eigenvalue weighted by molar-refractivity contribution is -0.117. The normalized spacial score (nSPS) is 14.0. The number of sulfonamides is 1. The highest BCUT2D eigenvalue weighted by atomic mass is 32.2. The Bertz CT molecular complexity index is 911. The van der Waals surface area contributed by atoms with Gasteiger partial charge in [-0.15, -0.1) is 0 Å². The predicted octanol–water partition coefficient (Wildman–Crippen LogP) is 2.98. The summed E-state index contributed by atoms with van der Waals surface area (Å²) in [6, 6.07) is 9.77. The van der Waals surface area contributed by atoms with Crippen LogP contribution in [0.1, 0.15) is 12.8 Å². The molecule has 0 bridgehead atoms. The van der Waals surface area contributed by atoms with Crippen LogP contribution >= 0.6 is 0 Å². The predicted molar refractivity (Wildman–Crippen MR) is 91.6 cm³/mol. The van der Waals surface area contributed by atoms with Gasteiger partial charge in [-0.05, 0) is 43.2 Å². The van der Waals surface area contributed by atoms with Crippen molar-refractivity contribution in [2.45, 2.75) is 17.7 Å².